The molecule has 0 aliphatic carbocycles. The number of rotatable bonds is 3. The van der Waals surface area contributed by atoms with Gasteiger partial charge in [0.05, 0.1) is 16.2 Å². The van der Waals surface area contributed by atoms with Crippen LogP contribution in [0.2, 0.25) is 5.02 Å². The molecule has 0 spiro atoms. The lowest BCUT2D eigenvalue weighted by Crippen LogP contribution is -2.42. The first kappa shape index (κ1) is 15.1. The normalized spacial score (nSPS) is 12.4. The van der Waals surface area contributed by atoms with E-state index in [0.717, 1.165) is 5.39 Å². The molecule has 0 unspecified atom stereocenters. The van der Waals surface area contributed by atoms with Gasteiger partial charge < -0.3 is 16.3 Å². The summed E-state index contributed by atoms with van der Waals surface area (Å²) in [7, 11) is 0. The Morgan fingerprint density at radius 3 is 2.81 bits per heavy atom. The minimum absolute atomic E-state index is 0.175. The number of hydrogen-bond acceptors (Lipinski definition) is 4. The average Bonchev–Trinajstić information content (AvgIpc) is 2.49. The number of oxime groups is 1. The number of hydrogen-bond donors (Lipinski definition) is 3. The number of pyridine rings is 1. The topological polar surface area (TPSA) is 101 Å². The van der Waals surface area contributed by atoms with Crippen LogP contribution in [0, 0.1) is 5.41 Å². The minimum atomic E-state index is -1.16. The Balaban J connectivity index is 2.41. The third kappa shape index (κ3) is 2.75. The number of nitrogens with one attached hydrogen (secondary N) is 1. The molecule has 0 fully saturated rings. The molecule has 0 saturated heterocycles. The van der Waals surface area contributed by atoms with Gasteiger partial charge in [-0.3, -0.25) is 9.78 Å². The predicted molar refractivity (Wildman–Crippen MR) is 82.6 cm³/mol. The van der Waals surface area contributed by atoms with E-state index >= 15 is 0 Å². The molecule has 0 atom stereocenters. The molecule has 1 aromatic heterocycles. The molecule has 0 radical (unpaired) electrons. The van der Waals surface area contributed by atoms with Crippen LogP contribution in [0.3, 0.4) is 0 Å². The van der Waals surface area contributed by atoms with Crippen LogP contribution in [0.1, 0.15) is 13.8 Å². The Kier molecular flexibility index (Phi) is 3.99. The lowest BCUT2D eigenvalue weighted by molar-refractivity contribution is -0.121. The second-order valence-corrected chi connectivity index (χ2v) is 5.47. The number of amides is 1. The SMILES string of the molecule is CC(C)(C(=O)Nc1ccc(Cl)c2cccnc12)/C(N)=N/O. The van der Waals surface area contributed by atoms with Crippen molar-refractivity contribution in [2.45, 2.75) is 13.8 Å². The Morgan fingerprint density at radius 1 is 1.43 bits per heavy atom. The molecular formula is C14H15ClN4O2. The van der Waals surface area contributed by atoms with Crippen LogP contribution in [0.15, 0.2) is 35.6 Å². The number of carbonyl (C=O) groups is 1. The number of nitrogens with two attached hydrogens (primary N) is 1. The number of aromatic nitrogens is 1. The third-order valence-electron chi connectivity index (χ3n) is 3.28. The third-order valence-corrected chi connectivity index (χ3v) is 3.61. The summed E-state index contributed by atoms with van der Waals surface area (Å²) in [5.74, 6) is -0.585. The zero-order valence-corrected chi connectivity index (χ0v) is 12.3. The van der Waals surface area contributed by atoms with Gasteiger partial charge in [-0.15, -0.1) is 0 Å². The standard InChI is InChI=1S/C14H15ClN4O2/c1-14(2,12(16)19-21)13(20)18-10-6-5-9(15)8-4-3-7-17-11(8)10/h3-7,21H,1-2H3,(H2,16,19)(H,18,20). The van der Waals surface area contributed by atoms with Gasteiger partial charge in [0.15, 0.2) is 5.84 Å². The Bertz CT molecular complexity index is 728. The molecule has 21 heavy (non-hydrogen) atoms. The molecule has 2 aromatic rings. The number of carbonyl (C=O) groups excluding carboxylic acids is 1. The van der Waals surface area contributed by atoms with Crippen molar-refractivity contribution in [3.63, 3.8) is 0 Å². The van der Waals surface area contributed by atoms with Crippen molar-refractivity contribution in [2.75, 3.05) is 5.32 Å². The number of fused-ring (bicyclic) bond motifs is 1. The first-order valence-electron chi connectivity index (χ1n) is 6.20. The molecule has 1 aromatic carbocycles. The van der Waals surface area contributed by atoms with Crippen LogP contribution in [-0.2, 0) is 4.79 Å². The summed E-state index contributed by atoms with van der Waals surface area (Å²) in [6.07, 6.45) is 1.61. The van der Waals surface area contributed by atoms with Gasteiger partial charge in [-0.1, -0.05) is 16.8 Å². The number of nitrogens with zero attached hydrogens (tertiary/aromatic N) is 2. The van der Waals surface area contributed by atoms with E-state index in [1.54, 1.807) is 38.2 Å². The summed E-state index contributed by atoms with van der Waals surface area (Å²) in [6.45, 7) is 3.12. The smallest absolute Gasteiger partial charge is 0.237 e. The largest absolute Gasteiger partial charge is 0.409 e. The van der Waals surface area contributed by atoms with Crippen molar-refractivity contribution in [3.8, 4) is 0 Å². The highest BCUT2D eigenvalue weighted by molar-refractivity contribution is 6.36. The van der Waals surface area contributed by atoms with E-state index in [1.165, 1.54) is 0 Å². The Hall–Kier alpha value is -2.34. The highest BCUT2D eigenvalue weighted by Crippen LogP contribution is 2.29. The van der Waals surface area contributed by atoms with Crippen molar-refractivity contribution in [1.29, 1.82) is 0 Å². The molecule has 2 rings (SSSR count). The van der Waals surface area contributed by atoms with E-state index in [-0.39, 0.29) is 5.84 Å². The van der Waals surface area contributed by atoms with E-state index in [1.807, 2.05) is 6.07 Å². The maximum atomic E-state index is 12.3. The van der Waals surface area contributed by atoms with Crippen LogP contribution in [0.25, 0.3) is 10.9 Å². The minimum Gasteiger partial charge on any atom is -0.409 e. The zero-order valence-electron chi connectivity index (χ0n) is 11.6. The predicted octanol–water partition coefficient (Wildman–Crippen LogP) is 2.60. The van der Waals surface area contributed by atoms with Gasteiger partial charge in [-0.25, -0.2) is 0 Å². The summed E-state index contributed by atoms with van der Waals surface area (Å²) in [4.78, 5) is 16.6. The van der Waals surface area contributed by atoms with Crippen molar-refractivity contribution in [1.82, 2.24) is 4.98 Å². The number of amidine groups is 1. The van der Waals surface area contributed by atoms with Gasteiger partial charge in [0.1, 0.15) is 5.41 Å². The highest BCUT2D eigenvalue weighted by atomic mass is 35.5. The fourth-order valence-electron chi connectivity index (χ4n) is 1.76. The fraction of sp³-hybridized carbons (Fsp3) is 0.214. The number of benzene rings is 1. The van der Waals surface area contributed by atoms with Crippen LogP contribution in [-0.4, -0.2) is 21.9 Å². The summed E-state index contributed by atoms with van der Waals surface area (Å²) >= 11 is 6.10. The Morgan fingerprint density at radius 2 is 2.14 bits per heavy atom. The van der Waals surface area contributed by atoms with E-state index in [9.17, 15) is 4.79 Å². The van der Waals surface area contributed by atoms with Gasteiger partial charge in [-0.2, -0.15) is 0 Å². The maximum Gasteiger partial charge on any atom is 0.237 e. The second-order valence-electron chi connectivity index (χ2n) is 5.06. The van der Waals surface area contributed by atoms with Crippen molar-refractivity contribution in [2.24, 2.45) is 16.3 Å². The van der Waals surface area contributed by atoms with Crippen molar-refractivity contribution < 1.29 is 10.0 Å². The van der Waals surface area contributed by atoms with Gasteiger partial charge in [-0.05, 0) is 38.1 Å². The first-order chi connectivity index (χ1) is 9.87. The highest BCUT2D eigenvalue weighted by Gasteiger charge is 2.33. The van der Waals surface area contributed by atoms with E-state index in [0.29, 0.717) is 16.2 Å². The van der Waals surface area contributed by atoms with E-state index in [4.69, 9.17) is 22.5 Å². The van der Waals surface area contributed by atoms with Gasteiger partial charge >= 0.3 is 0 Å². The summed E-state index contributed by atoms with van der Waals surface area (Å²) in [6, 6.07) is 6.92. The van der Waals surface area contributed by atoms with Gasteiger partial charge in [0.25, 0.3) is 0 Å². The number of anilines is 1. The van der Waals surface area contributed by atoms with Gasteiger partial charge in [0.2, 0.25) is 5.91 Å². The molecule has 0 saturated carbocycles. The van der Waals surface area contributed by atoms with Crippen molar-refractivity contribution >= 4 is 39.9 Å². The number of halogens is 1. The quantitative estimate of drug-likeness (QED) is 0.351. The maximum absolute atomic E-state index is 12.3. The molecule has 110 valence electrons. The van der Waals surface area contributed by atoms with Gasteiger partial charge in [0, 0.05) is 11.6 Å². The molecule has 6 nitrogen and oxygen atoms in total. The van der Waals surface area contributed by atoms with E-state index < -0.39 is 11.3 Å². The molecule has 1 amide bonds. The molecule has 1 heterocycles. The summed E-state index contributed by atoms with van der Waals surface area (Å²) < 4.78 is 0. The molecule has 0 bridgehead atoms. The summed E-state index contributed by atoms with van der Waals surface area (Å²) in [5.41, 5.74) is 5.48. The van der Waals surface area contributed by atoms with Crippen molar-refractivity contribution in [3.05, 3.63) is 35.5 Å². The van der Waals surface area contributed by atoms with Crippen LogP contribution < -0.4 is 11.1 Å². The molecule has 0 aliphatic rings. The second kappa shape index (κ2) is 5.57. The lowest BCUT2D eigenvalue weighted by atomic mass is 9.91. The van der Waals surface area contributed by atoms with Crippen LogP contribution >= 0.6 is 11.6 Å². The molecular weight excluding hydrogens is 292 g/mol. The van der Waals surface area contributed by atoms with Crippen LogP contribution in [0.5, 0.6) is 0 Å². The Labute approximate surface area is 126 Å². The fourth-order valence-corrected chi connectivity index (χ4v) is 1.97. The average molecular weight is 307 g/mol. The first-order valence-corrected chi connectivity index (χ1v) is 6.58. The zero-order chi connectivity index (χ0) is 15.6. The molecule has 4 N–H and O–H groups in total. The molecule has 0 aliphatic heterocycles. The molecule has 7 heteroatoms. The monoisotopic (exact) mass is 306 g/mol. The van der Waals surface area contributed by atoms with E-state index in [2.05, 4.69) is 15.5 Å². The van der Waals surface area contributed by atoms with Crippen LogP contribution in [0.4, 0.5) is 5.69 Å². The summed E-state index contributed by atoms with van der Waals surface area (Å²) in [5, 5.41) is 15.7. The lowest BCUT2D eigenvalue weighted by Gasteiger charge is -2.22.